The highest BCUT2D eigenvalue weighted by atomic mass is 35.5. The smallest absolute Gasteiger partial charge is 0.162 e. The van der Waals surface area contributed by atoms with Crippen molar-refractivity contribution in [1.82, 2.24) is 9.97 Å². The van der Waals surface area contributed by atoms with E-state index in [4.69, 9.17) is 11.6 Å². The third-order valence-electron chi connectivity index (χ3n) is 4.31. The molecule has 0 unspecified atom stereocenters. The van der Waals surface area contributed by atoms with E-state index in [1.54, 1.807) is 12.1 Å². The molecule has 134 valence electrons. The molecule has 1 N–H and O–H groups in total. The van der Waals surface area contributed by atoms with E-state index in [1.807, 2.05) is 36.4 Å². The number of nitrogens with one attached hydrogen (secondary N) is 1. The third-order valence-corrected chi connectivity index (χ3v) is 4.55. The van der Waals surface area contributed by atoms with Crippen LogP contribution in [0.15, 0.2) is 72.8 Å². The van der Waals surface area contributed by atoms with Crippen LogP contribution in [0.2, 0.25) is 5.02 Å². The van der Waals surface area contributed by atoms with Crippen LogP contribution in [-0.2, 0) is 6.42 Å². The molecule has 4 aromatic rings. The predicted octanol–water partition coefficient (Wildman–Crippen LogP) is 5.74. The molecule has 0 aliphatic carbocycles. The van der Waals surface area contributed by atoms with Crippen LogP contribution in [-0.4, -0.2) is 16.5 Å². The summed E-state index contributed by atoms with van der Waals surface area (Å²) in [6.45, 7) is 0.738. The minimum absolute atomic E-state index is 0.288. The van der Waals surface area contributed by atoms with Crippen molar-refractivity contribution < 1.29 is 4.39 Å². The van der Waals surface area contributed by atoms with E-state index in [-0.39, 0.29) is 5.82 Å². The van der Waals surface area contributed by atoms with Crippen LogP contribution in [0, 0.1) is 5.82 Å². The van der Waals surface area contributed by atoms with Gasteiger partial charge in [-0.25, -0.2) is 14.4 Å². The molecule has 0 spiro atoms. The second-order valence-electron chi connectivity index (χ2n) is 6.23. The summed E-state index contributed by atoms with van der Waals surface area (Å²) in [5.74, 6) is 0.989. The lowest BCUT2D eigenvalue weighted by atomic mass is 10.1. The number of anilines is 1. The van der Waals surface area contributed by atoms with Crippen LogP contribution in [0.4, 0.5) is 10.2 Å². The first-order valence-corrected chi connectivity index (χ1v) is 9.08. The predicted molar refractivity (Wildman–Crippen MR) is 109 cm³/mol. The topological polar surface area (TPSA) is 37.8 Å². The Balaban J connectivity index is 1.68. The number of nitrogens with zero attached hydrogens (tertiary/aromatic N) is 2. The van der Waals surface area contributed by atoms with E-state index >= 15 is 0 Å². The number of rotatable bonds is 5. The number of hydrogen-bond donors (Lipinski definition) is 1. The Bertz CT molecular complexity index is 1070. The molecule has 3 aromatic carbocycles. The SMILES string of the molecule is Fc1ccc(-c2nc(NCCc3ccccc3)c3ccc(Cl)cc3n2)cc1. The van der Waals surface area contributed by atoms with Gasteiger partial charge in [-0.1, -0.05) is 41.9 Å². The summed E-state index contributed by atoms with van der Waals surface area (Å²) >= 11 is 6.14. The Hall–Kier alpha value is -2.98. The number of fused-ring (bicyclic) bond motifs is 1. The van der Waals surface area contributed by atoms with Gasteiger partial charge in [-0.15, -0.1) is 0 Å². The van der Waals surface area contributed by atoms with Crippen LogP contribution in [0.1, 0.15) is 5.56 Å². The molecule has 3 nitrogen and oxygen atoms in total. The number of aromatic nitrogens is 2. The number of benzene rings is 3. The normalized spacial score (nSPS) is 10.9. The fourth-order valence-electron chi connectivity index (χ4n) is 2.94. The average molecular weight is 378 g/mol. The molecule has 0 aliphatic rings. The summed E-state index contributed by atoms with van der Waals surface area (Å²) in [6, 6.07) is 22.0. The van der Waals surface area contributed by atoms with Gasteiger partial charge in [0.15, 0.2) is 5.82 Å². The van der Waals surface area contributed by atoms with Crippen LogP contribution in [0.25, 0.3) is 22.3 Å². The van der Waals surface area contributed by atoms with Gasteiger partial charge < -0.3 is 5.32 Å². The molecule has 4 rings (SSSR count). The van der Waals surface area contributed by atoms with Crippen molar-refractivity contribution in [2.45, 2.75) is 6.42 Å². The van der Waals surface area contributed by atoms with Crippen molar-refractivity contribution >= 4 is 28.3 Å². The summed E-state index contributed by atoms with van der Waals surface area (Å²) in [5, 5.41) is 4.92. The van der Waals surface area contributed by atoms with Crippen molar-refractivity contribution in [2.75, 3.05) is 11.9 Å². The van der Waals surface area contributed by atoms with Gasteiger partial charge in [0.2, 0.25) is 0 Å². The first kappa shape index (κ1) is 17.4. The number of halogens is 2. The summed E-state index contributed by atoms with van der Waals surface area (Å²) < 4.78 is 13.2. The van der Waals surface area contributed by atoms with Crippen LogP contribution in [0.3, 0.4) is 0 Å². The third kappa shape index (κ3) is 4.07. The first-order chi connectivity index (χ1) is 13.2. The Labute approximate surface area is 161 Å². The van der Waals surface area contributed by atoms with E-state index < -0.39 is 0 Å². The van der Waals surface area contributed by atoms with Gasteiger partial charge in [0, 0.05) is 22.5 Å². The molecule has 0 saturated heterocycles. The molecule has 27 heavy (non-hydrogen) atoms. The highest BCUT2D eigenvalue weighted by Gasteiger charge is 2.10. The van der Waals surface area contributed by atoms with E-state index in [9.17, 15) is 4.39 Å². The van der Waals surface area contributed by atoms with Gasteiger partial charge in [-0.3, -0.25) is 0 Å². The molecule has 0 bridgehead atoms. The van der Waals surface area contributed by atoms with Gasteiger partial charge in [0.05, 0.1) is 5.52 Å². The number of hydrogen-bond acceptors (Lipinski definition) is 3. The quantitative estimate of drug-likeness (QED) is 0.481. The molecule has 0 aliphatic heterocycles. The van der Waals surface area contributed by atoms with E-state index in [0.717, 1.165) is 35.2 Å². The highest BCUT2D eigenvalue weighted by molar-refractivity contribution is 6.31. The van der Waals surface area contributed by atoms with Crippen molar-refractivity contribution in [2.24, 2.45) is 0 Å². The maximum absolute atomic E-state index is 13.2. The van der Waals surface area contributed by atoms with Crippen LogP contribution in [0.5, 0.6) is 0 Å². The van der Waals surface area contributed by atoms with E-state index in [0.29, 0.717) is 10.8 Å². The molecule has 0 amide bonds. The van der Waals surface area contributed by atoms with Crippen molar-refractivity contribution in [1.29, 1.82) is 0 Å². The van der Waals surface area contributed by atoms with Crippen LogP contribution >= 0.6 is 11.6 Å². The average Bonchev–Trinajstić information content (AvgIpc) is 2.69. The maximum atomic E-state index is 13.2. The maximum Gasteiger partial charge on any atom is 0.162 e. The summed E-state index contributed by atoms with van der Waals surface area (Å²) in [4.78, 5) is 9.28. The molecule has 5 heteroatoms. The fraction of sp³-hybridized carbons (Fsp3) is 0.0909. The van der Waals surface area contributed by atoms with Gasteiger partial charge in [-0.05, 0) is 54.4 Å². The Morgan fingerprint density at radius 2 is 1.67 bits per heavy atom. The van der Waals surface area contributed by atoms with Crippen LogP contribution < -0.4 is 5.32 Å². The molecular weight excluding hydrogens is 361 g/mol. The zero-order chi connectivity index (χ0) is 18.6. The molecule has 1 heterocycles. The summed E-state index contributed by atoms with van der Waals surface area (Å²) in [7, 11) is 0. The van der Waals surface area contributed by atoms with Crippen molar-refractivity contribution in [3.63, 3.8) is 0 Å². The Morgan fingerprint density at radius 3 is 2.44 bits per heavy atom. The monoisotopic (exact) mass is 377 g/mol. The highest BCUT2D eigenvalue weighted by Crippen LogP contribution is 2.27. The zero-order valence-corrected chi connectivity index (χ0v) is 15.2. The molecular formula is C22H17ClFN3. The van der Waals surface area contributed by atoms with Crippen molar-refractivity contribution in [3.05, 3.63) is 89.2 Å². The molecule has 1 aromatic heterocycles. The first-order valence-electron chi connectivity index (χ1n) is 8.70. The Morgan fingerprint density at radius 1 is 0.889 bits per heavy atom. The molecule has 0 fully saturated rings. The van der Waals surface area contributed by atoms with Gasteiger partial charge in [0.25, 0.3) is 0 Å². The van der Waals surface area contributed by atoms with E-state index in [1.165, 1.54) is 17.7 Å². The summed E-state index contributed by atoms with van der Waals surface area (Å²) in [5.41, 5.74) is 2.76. The van der Waals surface area contributed by atoms with Crippen molar-refractivity contribution in [3.8, 4) is 11.4 Å². The summed E-state index contributed by atoms with van der Waals surface area (Å²) in [6.07, 6.45) is 0.881. The standard InChI is InChI=1S/C22H17ClFN3/c23-17-8-11-19-20(14-17)26-21(16-6-9-18(24)10-7-16)27-22(19)25-13-12-15-4-2-1-3-5-15/h1-11,14H,12-13H2,(H,25,26,27). The molecule has 0 saturated carbocycles. The van der Waals surface area contributed by atoms with E-state index in [2.05, 4.69) is 27.4 Å². The lowest BCUT2D eigenvalue weighted by molar-refractivity contribution is 0.628. The minimum Gasteiger partial charge on any atom is -0.369 e. The molecule has 0 radical (unpaired) electrons. The Kier molecular flexibility index (Phi) is 4.99. The van der Waals surface area contributed by atoms with Gasteiger partial charge in [-0.2, -0.15) is 0 Å². The second-order valence-corrected chi connectivity index (χ2v) is 6.66. The van der Waals surface area contributed by atoms with Gasteiger partial charge in [0.1, 0.15) is 11.6 Å². The molecule has 0 atom stereocenters. The fourth-order valence-corrected chi connectivity index (χ4v) is 3.10. The lowest BCUT2D eigenvalue weighted by Crippen LogP contribution is -2.08. The minimum atomic E-state index is -0.288. The largest absolute Gasteiger partial charge is 0.369 e. The second kappa shape index (κ2) is 7.72. The lowest BCUT2D eigenvalue weighted by Gasteiger charge is -2.11. The van der Waals surface area contributed by atoms with Gasteiger partial charge >= 0.3 is 0 Å². The zero-order valence-electron chi connectivity index (χ0n) is 14.5.